The second-order valence-electron chi connectivity index (χ2n) is 7.08. The molecule has 1 fully saturated rings. The predicted molar refractivity (Wildman–Crippen MR) is 105 cm³/mol. The predicted octanol–water partition coefficient (Wildman–Crippen LogP) is 2.97. The summed E-state index contributed by atoms with van der Waals surface area (Å²) in [5.74, 6) is -0.259. The molecule has 27 heavy (non-hydrogen) atoms. The van der Waals surface area contributed by atoms with E-state index in [-0.39, 0.29) is 17.7 Å². The van der Waals surface area contributed by atoms with E-state index in [9.17, 15) is 9.59 Å². The van der Waals surface area contributed by atoms with Crippen LogP contribution in [0.5, 0.6) is 0 Å². The zero-order valence-corrected chi connectivity index (χ0v) is 15.9. The fourth-order valence-electron chi connectivity index (χ4n) is 3.16. The molecule has 0 bridgehead atoms. The minimum Gasteiger partial charge on any atom is -0.378 e. The molecular formula is C22H26N2O3. The Hall–Kier alpha value is -2.66. The normalized spacial score (nSPS) is 15.4. The third-order valence-electron chi connectivity index (χ3n) is 4.80. The number of ether oxygens (including phenoxy) is 1. The van der Waals surface area contributed by atoms with Crippen LogP contribution in [0.4, 0.5) is 0 Å². The molecule has 1 saturated heterocycles. The summed E-state index contributed by atoms with van der Waals surface area (Å²) >= 11 is 0. The summed E-state index contributed by atoms with van der Waals surface area (Å²) in [4.78, 5) is 27.3. The largest absolute Gasteiger partial charge is 0.378 e. The molecule has 0 radical (unpaired) electrons. The summed E-state index contributed by atoms with van der Waals surface area (Å²) in [6, 6.07) is 16.9. The second kappa shape index (κ2) is 8.82. The van der Waals surface area contributed by atoms with Crippen molar-refractivity contribution in [3.63, 3.8) is 0 Å². The van der Waals surface area contributed by atoms with Gasteiger partial charge in [-0.3, -0.25) is 9.59 Å². The van der Waals surface area contributed by atoms with E-state index in [2.05, 4.69) is 5.32 Å². The van der Waals surface area contributed by atoms with Crippen LogP contribution < -0.4 is 5.32 Å². The van der Waals surface area contributed by atoms with Crippen molar-refractivity contribution in [3.05, 3.63) is 60.2 Å². The molecular weight excluding hydrogens is 340 g/mol. The minimum atomic E-state index is -0.538. The molecule has 1 N–H and O–H groups in total. The summed E-state index contributed by atoms with van der Waals surface area (Å²) in [5, 5.41) is 2.92. The smallest absolute Gasteiger partial charge is 0.251 e. The summed E-state index contributed by atoms with van der Waals surface area (Å²) in [7, 11) is 0. The molecule has 1 aliphatic heterocycles. The molecule has 1 atom stereocenters. The number of nitrogens with zero attached hydrogens (tertiary/aromatic N) is 1. The molecule has 0 spiro atoms. The zero-order valence-electron chi connectivity index (χ0n) is 15.9. The Morgan fingerprint density at radius 3 is 2.11 bits per heavy atom. The van der Waals surface area contributed by atoms with E-state index in [4.69, 9.17) is 4.74 Å². The van der Waals surface area contributed by atoms with Crippen LogP contribution in [0.2, 0.25) is 0 Å². The van der Waals surface area contributed by atoms with Gasteiger partial charge in [0.25, 0.3) is 5.91 Å². The number of amides is 2. The lowest BCUT2D eigenvalue weighted by Crippen LogP contribution is -2.53. The number of hydrogen-bond acceptors (Lipinski definition) is 3. The number of nitrogens with one attached hydrogen (secondary N) is 1. The Morgan fingerprint density at radius 2 is 1.52 bits per heavy atom. The van der Waals surface area contributed by atoms with Gasteiger partial charge in [0.05, 0.1) is 13.2 Å². The van der Waals surface area contributed by atoms with E-state index in [1.807, 2.05) is 56.3 Å². The van der Waals surface area contributed by atoms with Crippen LogP contribution in [-0.4, -0.2) is 49.1 Å². The Balaban J connectivity index is 1.69. The van der Waals surface area contributed by atoms with Crippen molar-refractivity contribution in [2.45, 2.75) is 19.9 Å². The molecule has 1 aliphatic rings. The topological polar surface area (TPSA) is 58.6 Å². The third-order valence-corrected chi connectivity index (χ3v) is 4.80. The van der Waals surface area contributed by atoms with Crippen molar-refractivity contribution >= 4 is 11.8 Å². The highest BCUT2D eigenvalue weighted by Gasteiger charge is 2.29. The van der Waals surface area contributed by atoms with Crippen molar-refractivity contribution < 1.29 is 14.3 Å². The van der Waals surface area contributed by atoms with Crippen molar-refractivity contribution in [2.24, 2.45) is 5.92 Å². The molecule has 2 aromatic rings. The minimum absolute atomic E-state index is 0.00730. The lowest BCUT2D eigenvalue weighted by Gasteiger charge is -2.32. The van der Waals surface area contributed by atoms with Gasteiger partial charge in [-0.25, -0.2) is 0 Å². The third kappa shape index (κ3) is 4.74. The van der Waals surface area contributed by atoms with Crippen molar-refractivity contribution in [1.29, 1.82) is 0 Å². The van der Waals surface area contributed by atoms with Crippen molar-refractivity contribution in [1.82, 2.24) is 10.2 Å². The van der Waals surface area contributed by atoms with Crippen LogP contribution >= 0.6 is 0 Å². The molecule has 5 heteroatoms. The molecule has 2 amide bonds. The molecule has 3 rings (SSSR count). The van der Waals surface area contributed by atoms with Crippen LogP contribution in [-0.2, 0) is 9.53 Å². The Bertz CT molecular complexity index is 766. The summed E-state index contributed by atoms with van der Waals surface area (Å²) in [6.45, 7) is 6.13. The fraction of sp³-hybridized carbons (Fsp3) is 0.364. The maximum atomic E-state index is 12.8. The SMILES string of the molecule is CC(C)[C@@H](NC(=O)c1ccc(-c2ccccc2)cc1)C(=O)N1CCOCC1. The van der Waals surface area contributed by atoms with E-state index in [0.29, 0.717) is 31.9 Å². The van der Waals surface area contributed by atoms with Crippen LogP contribution in [0.15, 0.2) is 54.6 Å². The number of benzene rings is 2. The molecule has 2 aromatic carbocycles. The summed E-state index contributed by atoms with van der Waals surface area (Å²) in [6.07, 6.45) is 0. The van der Waals surface area contributed by atoms with Gasteiger partial charge >= 0.3 is 0 Å². The average Bonchev–Trinajstić information content (AvgIpc) is 2.72. The lowest BCUT2D eigenvalue weighted by atomic mass is 10.0. The fourth-order valence-corrected chi connectivity index (χ4v) is 3.16. The summed E-state index contributed by atoms with van der Waals surface area (Å²) < 4.78 is 5.31. The highest BCUT2D eigenvalue weighted by molar-refractivity contribution is 5.98. The number of morpholine rings is 1. The number of carbonyl (C=O) groups excluding carboxylic acids is 2. The van der Waals surface area contributed by atoms with Crippen molar-refractivity contribution in [3.8, 4) is 11.1 Å². The first-order valence-electron chi connectivity index (χ1n) is 9.39. The van der Waals surface area contributed by atoms with E-state index in [0.717, 1.165) is 11.1 Å². The van der Waals surface area contributed by atoms with Gasteiger partial charge in [-0.2, -0.15) is 0 Å². The second-order valence-corrected chi connectivity index (χ2v) is 7.08. The first kappa shape index (κ1) is 19.1. The first-order chi connectivity index (χ1) is 13.1. The Labute approximate surface area is 160 Å². The highest BCUT2D eigenvalue weighted by Crippen LogP contribution is 2.19. The molecule has 0 saturated carbocycles. The van der Waals surface area contributed by atoms with Gasteiger partial charge < -0.3 is 15.0 Å². The van der Waals surface area contributed by atoms with E-state index in [1.165, 1.54) is 0 Å². The van der Waals surface area contributed by atoms with E-state index < -0.39 is 6.04 Å². The van der Waals surface area contributed by atoms with Crippen LogP contribution in [0, 0.1) is 5.92 Å². The highest BCUT2D eigenvalue weighted by atomic mass is 16.5. The average molecular weight is 366 g/mol. The van der Waals surface area contributed by atoms with Gasteiger partial charge in [-0.05, 0) is 29.2 Å². The molecule has 142 valence electrons. The monoisotopic (exact) mass is 366 g/mol. The maximum Gasteiger partial charge on any atom is 0.251 e. The maximum absolute atomic E-state index is 12.8. The van der Waals surface area contributed by atoms with Crippen molar-refractivity contribution in [2.75, 3.05) is 26.3 Å². The van der Waals surface area contributed by atoms with Gasteiger partial charge in [0, 0.05) is 18.7 Å². The van der Waals surface area contributed by atoms with Crippen LogP contribution in [0.1, 0.15) is 24.2 Å². The van der Waals surface area contributed by atoms with Gasteiger partial charge in [-0.15, -0.1) is 0 Å². The van der Waals surface area contributed by atoms with E-state index >= 15 is 0 Å². The van der Waals surface area contributed by atoms with Gasteiger partial charge in [0.1, 0.15) is 6.04 Å². The van der Waals surface area contributed by atoms with Crippen LogP contribution in [0.3, 0.4) is 0 Å². The number of carbonyl (C=O) groups is 2. The summed E-state index contributed by atoms with van der Waals surface area (Å²) in [5.41, 5.74) is 2.71. The Morgan fingerprint density at radius 1 is 0.926 bits per heavy atom. The first-order valence-corrected chi connectivity index (χ1v) is 9.39. The quantitative estimate of drug-likeness (QED) is 0.885. The molecule has 5 nitrogen and oxygen atoms in total. The van der Waals surface area contributed by atoms with Crippen LogP contribution in [0.25, 0.3) is 11.1 Å². The number of hydrogen-bond donors (Lipinski definition) is 1. The van der Waals surface area contributed by atoms with Gasteiger partial charge in [0.2, 0.25) is 5.91 Å². The zero-order chi connectivity index (χ0) is 19.2. The standard InChI is InChI=1S/C22H26N2O3/c1-16(2)20(22(26)24-12-14-27-15-13-24)23-21(25)19-10-8-18(9-11-19)17-6-4-3-5-7-17/h3-11,16,20H,12-15H2,1-2H3,(H,23,25)/t20-/m1/s1. The molecule has 0 unspecified atom stereocenters. The molecule has 0 aliphatic carbocycles. The van der Waals surface area contributed by atoms with Gasteiger partial charge in [0.15, 0.2) is 0 Å². The number of rotatable bonds is 5. The Kier molecular flexibility index (Phi) is 6.24. The van der Waals surface area contributed by atoms with E-state index in [1.54, 1.807) is 17.0 Å². The molecule has 0 aromatic heterocycles. The lowest BCUT2D eigenvalue weighted by molar-refractivity contribution is -0.138. The molecule has 1 heterocycles. The van der Waals surface area contributed by atoms with Gasteiger partial charge in [-0.1, -0.05) is 56.3 Å².